The molecule has 0 aliphatic carbocycles. The average Bonchev–Trinajstić information content (AvgIpc) is 2.51. The van der Waals surface area contributed by atoms with Crippen molar-refractivity contribution >= 4 is 7.60 Å². The van der Waals surface area contributed by atoms with E-state index in [0.29, 0.717) is 19.4 Å². The van der Waals surface area contributed by atoms with Crippen molar-refractivity contribution in [1.82, 2.24) is 0 Å². The highest BCUT2D eigenvalue weighted by Gasteiger charge is 2.23. The molecule has 0 amide bonds. The second-order valence-electron chi connectivity index (χ2n) is 5.30. The second kappa shape index (κ2) is 11.0. The second-order valence-corrected chi connectivity index (χ2v) is 7.48. The van der Waals surface area contributed by atoms with Gasteiger partial charge in [-0.15, -0.1) is 0 Å². The molecule has 3 nitrogen and oxygen atoms in total. The van der Waals surface area contributed by atoms with Gasteiger partial charge in [-0.2, -0.15) is 0 Å². The number of rotatable bonds is 12. The molecule has 120 valence electrons. The van der Waals surface area contributed by atoms with Gasteiger partial charge in [0.25, 0.3) is 0 Å². The zero-order valence-electron chi connectivity index (χ0n) is 13.4. The van der Waals surface area contributed by atoms with Crippen LogP contribution in [-0.4, -0.2) is 19.4 Å². The van der Waals surface area contributed by atoms with E-state index in [0.717, 1.165) is 38.5 Å². The average molecular weight is 312 g/mol. The molecule has 0 aliphatic heterocycles. The summed E-state index contributed by atoms with van der Waals surface area (Å²) in [6.45, 7) is 5.23. The van der Waals surface area contributed by atoms with E-state index in [-0.39, 0.29) is 0 Å². The first-order valence-corrected chi connectivity index (χ1v) is 9.85. The molecular formula is C17H29O3P. The Balaban J connectivity index is 2.32. The minimum Gasteiger partial charge on any atom is -0.309 e. The molecule has 4 heteroatoms. The number of aryl methyl sites for hydroxylation is 1. The van der Waals surface area contributed by atoms with Gasteiger partial charge in [0.15, 0.2) is 0 Å². The fourth-order valence-electron chi connectivity index (χ4n) is 1.99. The van der Waals surface area contributed by atoms with Gasteiger partial charge in [-0.05, 0) is 31.2 Å². The van der Waals surface area contributed by atoms with Gasteiger partial charge in [0.1, 0.15) is 0 Å². The van der Waals surface area contributed by atoms with Crippen LogP contribution in [0.1, 0.15) is 51.5 Å². The number of hydrogen-bond acceptors (Lipinski definition) is 3. The molecule has 1 aromatic rings. The Morgan fingerprint density at radius 2 is 1.52 bits per heavy atom. The van der Waals surface area contributed by atoms with Crippen LogP contribution in [0.15, 0.2) is 30.3 Å². The summed E-state index contributed by atoms with van der Waals surface area (Å²) < 4.78 is 23.8. The molecule has 0 saturated heterocycles. The highest BCUT2D eigenvalue weighted by atomic mass is 31.2. The van der Waals surface area contributed by atoms with Crippen LogP contribution in [0.5, 0.6) is 0 Å². The van der Waals surface area contributed by atoms with Crippen LogP contribution >= 0.6 is 7.60 Å². The molecular weight excluding hydrogens is 283 g/mol. The lowest BCUT2D eigenvalue weighted by molar-refractivity contribution is 0.200. The highest BCUT2D eigenvalue weighted by Crippen LogP contribution is 2.49. The molecule has 0 aliphatic rings. The van der Waals surface area contributed by atoms with E-state index in [1.807, 2.05) is 18.2 Å². The van der Waals surface area contributed by atoms with Crippen molar-refractivity contribution in [2.75, 3.05) is 19.4 Å². The van der Waals surface area contributed by atoms with Gasteiger partial charge in [0.05, 0.1) is 19.4 Å². The predicted octanol–water partition coefficient (Wildman–Crippen LogP) is 5.45. The van der Waals surface area contributed by atoms with Crippen molar-refractivity contribution < 1.29 is 13.6 Å². The van der Waals surface area contributed by atoms with Crippen LogP contribution in [0.4, 0.5) is 0 Å². The zero-order valence-corrected chi connectivity index (χ0v) is 14.3. The third-order valence-corrected chi connectivity index (χ3v) is 5.33. The quantitative estimate of drug-likeness (QED) is 0.380. The molecule has 0 aromatic heterocycles. The first-order valence-electron chi connectivity index (χ1n) is 8.12. The number of hydrogen-bond donors (Lipinski definition) is 0. The van der Waals surface area contributed by atoms with Crippen molar-refractivity contribution in [3.8, 4) is 0 Å². The maximum atomic E-state index is 12.6. The van der Waals surface area contributed by atoms with E-state index in [1.165, 1.54) is 5.56 Å². The fourth-order valence-corrected chi connectivity index (χ4v) is 3.84. The largest absolute Gasteiger partial charge is 0.330 e. The Hall–Kier alpha value is -0.630. The van der Waals surface area contributed by atoms with Crippen LogP contribution in [0.3, 0.4) is 0 Å². The van der Waals surface area contributed by atoms with E-state index in [1.54, 1.807) is 0 Å². The predicted molar refractivity (Wildman–Crippen MR) is 89.0 cm³/mol. The maximum Gasteiger partial charge on any atom is 0.330 e. The maximum absolute atomic E-state index is 12.6. The molecule has 1 atom stereocenters. The number of benzene rings is 1. The Morgan fingerprint density at radius 1 is 0.905 bits per heavy atom. The van der Waals surface area contributed by atoms with E-state index in [9.17, 15) is 4.57 Å². The van der Waals surface area contributed by atoms with Crippen molar-refractivity contribution in [1.29, 1.82) is 0 Å². The van der Waals surface area contributed by atoms with Gasteiger partial charge in [0, 0.05) is 0 Å². The van der Waals surface area contributed by atoms with Gasteiger partial charge in [-0.25, -0.2) is 0 Å². The standard InChI is InChI=1S/C17H29O3P/c1-3-5-14-19-21(18,16-6-4-2)20-15-10-13-17-11-8-7-9-12-17/h7-9,11-12H,3-6,10,13-16H2,1-2H3. The summed E-state index contributed by atoms with van der Waals surface area (Å²) in [5.74, 6) is 0. The molecule has 21 heavy (non-hydrogen) atoms. The summed E-state index contributed by atoms with van der Waals surface area (Å²) >= 11 is 0. The third-order valence-electron chi connectivity index (χ3n) is 3.31. The Bertz CT molecular complexity index is 406. The minimum atomic E-state index is -2.89. The Labute approximate surface area is 129 Å². The highest BCUT2D eigenvalue weighted by molar-refractivity contribution is 7.53. The van der Waals surface area contributed by atoms with Gasteiger partial charge >= 0.3 is 7.60 Å². The van der Waals surface area contributed by atoms with Crippen LogP contribution in [0.2, 0.25) is 0 Å². The Kier molecular flexibility index (Phi) is 9.65. The van der Waals surface area contributed by atoms with Crippen LogP contribution in [0, 0.1) is 0 Å². The molecule has 0 N–H and O–H groups in total. The monoisotopic (exact) mass is 312 g/mol. The van der Waals surface area contributed by atoms with E-state index in [2.05, 4.69) is 26.0 Å². The summed E-state index contributed by atoms with van der Waals surface area (Å²) in [5.41, 5.74) is 1.29. The summed E-state index contributed by atoms with van der Waals surface area (Å²) in [4.78, 5) is 0. The summed E-state index contributed by atoms with van der Waals surface area (Å²) in [6, 6.07) is 10.3. The normalized spacial score (nSPS) is 14.0. The number of unbranched alkanes of at least 4 members (excludes halogenated alkanes) is 2. The van der Waals surface area contributed by atoms with E-state index >= 15 is 0 Å². The first-order chi connectivity index (χ1) is 10.2. The molecule has 0 radical (unpaired) electrons. The van der Waals surface area contributed by atoms with Gasteiger partial charge in [-0.3, -0.25) is 4.57 Å². The zero-order chi connectivity index (χ0) is 15.4. The van der Waals surface area contributed by atoms with Crippen molar-refractivity contribution in [3.05, 3.63) is 35.9 Å². The Morgan fingerprint density at radius 3 is 2.14 bits per heavy atom. The van der Waals surface area contributed by atoms with E-state index < -0.39 is 7.60 Å². The fraction of sp³-hybridized carbons (Fsp3) is 0.647. The van der Waals surface area contributed by atoms with Crippen molar-refractivity contribution in [2.24, 2.45) is 0 Å². The summed E-state index contributed by atoms with van der Waals surface area (Å²) in [6.07, 6.45) is 6.24. The van der Waals surface area contributed by atoms with Gasteiger partial charge in [0.2, 0.25) is 0 Å². The molecule has 1 unspecified atom stereocenters. The lowest BCUT2D eigenvalue weighted by Crippen LogP contribution is -2.04. The van der Waals surface area contributed by atoms with Gasteiger partial charge < -0.3 is 9.05 Å². The van der Waals surface area contributed by atoms with Crippen LogP contribution in [0.25, 0.3) is 0 Å². The van der Waals surface area contributed by atoms with Crippen molar-refractivity contribution in [2.45, 2.75) is 52.4 Å². The smallest absolute Gasteiger partial charge is 0.309 e. The molecule has 0 bridgehead atoms. The molecule has 0 fully saturated rings. The molecule has 1 aromatic carbocycles. The lowest BCUT2D eigenvalue weighted by Gasteiger charge is -2.18. The van der Waals surface area contributed by atoms with E-state index in [4.69, 9.17) is 9.05 Å². The summed E-state index contributed by atoms with van der Waals surface area (Å²) in [7, 11) is -2.89. The van der Waals surface area contributed by atoms with Crippen LogP contribution < -0.4 is 0 Å². The van der Waals surface area contributed by atoms with Crippen molar-refractivity contribution in [3.63, 3.8) is 0 Å². The molecule has 1 rings (SSSR count). The minimum absolute atomic E-state index is 0.502. The third kappa shape index (κ3) is 8.40. The van der Waals surface area contributed by atoms with Gasteiger partial charge in [-0.1, -0.05) is 57.0 Å². The topological polar surface area (TPSA) is 35.5 Å². The molecule has 0 heterocycles. The summed E-state index contributed by atoms with van der Waals surface area (Å²) in [5, 5.41) is 0. The van der Waals surface area contributed by atoms with Crippen LogP contribution in [-0.2, 0) is 20.0 Å². The lowest BCUT2D eigenvalue weighted by atomic mass is 10.1. The first kappa shape index (κ1) is 18.4. The molecule has 0 spiro atoms. The SMILES string of the molecule is CCCCOP(=O)(CCCC)OCCCc1ccccc1. The molecule has 0 saturated carbocycles.